The molecule has 3 atom stereocenters. The lowest BCUT2D eigenvalue weighted by atomic mass is 9.93. The molecule has 1 aliphatic rings. The number of benzene rings is 1. The van der Waals surface area contributed by atoms with Crippen molar-refractivity contribution in [3.05, 3.63) is 29.8 Å². The molecule has 2 rings (SSSR count). The van der Waals surface area contributed by atoms with E-state index in [1.54, 1.807) is 7.11 Å². The van der Waals surface area contributed by atoms with Gasteiger partial charge >= 0.3 is 11.9 Å². The first kappa shape index (κ1) is 15.3. The molecule has 0 bridgehead atoms. The molecule has 21 heavy (non-hydrogen) atoms. The van der Waals surface area contributed by atoms with E-state index in [0.717, 1.165) is 5.56 Å². The van der Waals surface area contributed by atoms with Crippen LogP contribution in [0.15, 0.2) is 24.3 Å². The molecule has 1 fully saturated rings. The van der Waals surface area contributed by atoms with Crippen molar-refractivity contribution < 1.29 is 23.8 Å². The number of carbonyl (C=O) groups excluding carboxylic acids is 2. The second kappa shape index (κ2) is 6.58. The largest absolute Gasteiger partial charge is 0.496 e. The van der Waals surface area contributed by atoms with Crippen LogP contribution in [0, 0.1) is 5.92 Å². The molecule has 114 valence electrons. The van der Waals surface area contributed by atoms with E-state index < -0.39 is 12.0 Å². The molecule has 1 aliphatic heterocycles. The third-order valence-corrected chi connectivity index (χ3v) is 3.74. The van der Waals surface area contributed by atoms with Crippen molar-refractivity contribution in [2.45, 2.75) is 18.5 Å². The van der Waals surface area contributed by atoms with Crippen LogP contribution in [0.5, 0.6) is 5.75 Å². The maximum Gasteiger partial charge on any atom is 0.322 e. The summed E-state index contributed by atoms with van der Waals surface area (Å²) in [5.41, 5.74) is 0.821. The number of methoxy groups -OCH3 is 3. The molecule has 6 nitrogen and oxygen atoms in total. The van der Waals surface area contributed by atoms with Crippen LogP contribution in [-0.2, 0) is 19.1 Å². The number of rotatable bonds is 4. The highest BCUT2D eigenvalue weighted by Gasteiger charge is 2.44. The van der Waals surface area contributed by atoms with Crippen LogP contribution in [0.2, 0.25) is 0 Å². The highest BCUT2D eigenvalue weighted by Crippen LogP contribution is 2.38. The van der Waals surface area contributed by atoms with E-state index in [4.69, 9.17) is 14.2 Å². The van der Waals surface area contributed by atoms with Crippen molar-refractivity contribution in [2.24, 2.45) is 5.92 Å². The lowest BCUT2D eigenvalue weighted by Gasteiger charge is -2.20. The zero-order chi connectivity index (χ0) is 15.4. The lowest BCUT2D eigenvalue weighted by molar-refractivity contribution is -0.146. The number of hydrogen-bond donors (Lipinski definition) is 1. The van der Waals surface area contributed by atoms with Gasteiger partial charge in [0.1, 0.15) is 11.8 Å². The Labute approximate surface area is 123 Å². The van der Waals surface area contributed by atoms with Crippen molar-refractivity contribution in [1.82, 2.24) is 5.32 Å². The number of hydrogen-bond acceptors (Lipinski definition) is 6. The van der Waals surface area contributed by atoms with E-state index in [1.807, 2.05) is 24.3 Å². The number of ether oxygens (including phenoxy) is 3. The molecule has 1 unspecified atom stereocenters. The highest BCUT2D eigenvalue weighted by molar-refractivity contribution is 5.80. The Kier molecular flexibility index (Phi) is 4.80. The van der Waals surface area contributed by atoms with E-state index in [0.29, 0.717) is 12.2 Å². The van der Waals surface area contributed by atoms with Gasteiger partial charge in [-0.25, -0.2) is 0 Å². The molecule has 0 saturated carbocycles. The number of carbonyl (C=O) groups is 2. The first-order valence-corrected chi connectivity index (χ1v) is 6.67. The minimum absolute atomic E-state index is 0.335. The van der Waals surface area contributed by atoms with Crippen LogP contribution < -0.4 is 10.1 Å². The standard InChI is InChI=1S/C15H19NO5/c1-19-12-7-5-4-6-9(12)13-10(14(17)20-2)8-11(16-13)15(18)21-3/h4-7,10-11,13,16H,8H2,1-3H3/t10-,11+,13?/m0/s1. The van der Waals surface area contributed by atoms with Gasteiger partial charge in [0.25, 0.3) is 0 Å². The Hall–Kier alpha value is -2.08. The Morgan fingerprint density at radius 1 is 1.10 bits per heavy atom. The second-order valence-electron chi connectivity index (χ2n) is 4.83. The van der Waals surface area contributed by atoms with Gasteiger partial charge in [-0.15, -0.1) is 0 Å². The Bertz CT molecular complexity index is 531. The second-order valence-corrected chi connectivity index (χ2v) is 4.83. The minimum atomic E-state index is -0.533. The summed E-state index contributed by atoms with van der Waals surface area (Å²) in [5, 5.41) is 3.14. The average molecular weight is 293 g/mol. The SMILES string of the molecule is COC(=O)[C@H]1C[C@H](C(=O)OC)NC1c1ccccc1OC. The van der Waals surface area contributed by atoms with Gasteiger partial charge in [0.15, 0.2) is 0 Å². The van der Waals surface area contributed by atoms with Crippen LogP contribution in [0.4, 0.5) is 0 Å². The lowest BCUT2D eigenvalue weighted by Crippen LogP contribution is -2.33. The zero-order valence-corrected chi connectivity index (χ0v) is 12.3. The quantitative estimate of drug-likeness (QED) is 0.837. The van der Waals surface area contributed by atoms with Gasteiger partial charge in [0.2, 0.25) is 0 Å². The van der Waals surface area contributed by atoms with Crippen LogP contribution >= 0.6 is 0 Å². The van der Waals surface area contributed by atoms with E-state index in [1.165, 1.54) is 14.2 Å². The van der Waals surface area contributed by atoms with E-state index in [-0.39, 0.29) is 18.0 Å². The normalized spacial score (nSPS) is 24.4. The third kappa shape index (κ3) is 3.00. The minimum Gasteiger partial charge on any atom is -0.496 e. The molecule has 1 heterocycles. The average Bonchev–Trinajstić information content (AvgIpc) is 2.98. The van der Waals surface area contributed by atoms with Crippen molar-refractivity contribution >= 4 is 11.9 Å². The molecule has 0 aromatic heterocycles. The molecular weight excluding hydrogens is 274 g/mol. The van der Waals surface area contributed by atoms with Crippen LogP contribution in [-0.4, -0.2) is 39.3 Å². The summed E-state index contributed by atoms with van der Waals surface area (Å²) in [6.07, 6.45) is 0.335. The summed E-state index contributed by atoms with van der Waals surface area (Å²) in [7, 11) is 4.24. The van der Waals surface area contributed by atoms with Gasteiger partial charge in [-0.1, -0.05) is 18.2 Å². The van der Waals surface area contributed by atoms with Crippen LogP contribution in [0.1, 0.15) is 18.0 Å². The summed E-state index contributed by atoms with van der Waals surface area (Å²) in [4.78, 5) is 23.7. The van der Waals surface area contributed by atoms with E-state index in [2.05, 4.69) is 5.32 Å². The van der Waals surface area contributed by atoms with Gasteiger partial charge in [0.05, 0.1) is 27.2 Å². The topological polar surface area (TPSA) is 73.9 Å². The fourth-order valence-corrected chi connectivity index (χ4v) is 2.71. The third-order valence-electron chi connectivity index (χ3n) is 3.74. The first-order chi connectivity index (χ1) is 10.1. The first-order valence-electron chi connectivity index (χ1n) is 6.67. The maximum atomic E-state index is 12.0. The van der Waals surface area contributed by atoms with Crippen LogP contribution in [0.3, 0.4) is 0 Å². The van der Waals surface area contributed by atoms with Crippen molar-refractivity contribution in [1.29, 1.82) is 0 Å². The van der Waals surface area contributed by atoms with E-state index in [9.17, 15) is 9.59 Å². The molecule has 1 aromatic rings. The summed E-state index contributed by atoms with van der Waals surface area (Å²) >= 11 is 0. The van der Waals surface area contributed by atoms with Gasteiger partial charge in [0, 0.05) is 11.6 Å². The van der Waals surface area contributed by atoms with Gasteiger partial charge in [-0.3, -0.25) is 14.9 Å². The molecule has 1 N–H and O–H groups in total. The summed E-state index contributed by atoms with van der Waals surface area (Å²) < 4.78 is 14.9. The number of para-hydroxylation sites is 1. The summed E-state index contributed by atoms with van der Waals surface area (Å²) in [6, 6.07) is 6.51. The predicted molar refractivity (Wildman–Crippen MR) is 74.8 cm³/mol. The summed E-state index contributed by atoms with van der Waals surface area (Å²) in [5.74, 6) is -0.545. The molecule has 0 spiro atoms. The molecule has 0 aliphatic carbocycles. The molecule has 1 aromatic carbocycles. The van der Waals surface area contributed by atoms with Crippen molar-refractivity contribution in [2.75, 3.05) is 21.3 Å². The predicted octanol–water partition coefficient (Wildman–Crippen LogP) is 1.06. The highest BCUT2D eigenvalue weighted by atomic mass is 16.5. The molecule has 0 amide bonds. The Morgan fingerprint density at radius 2 is 1.76 bits per heavy atom. The number of esters is 2. The van der Waals surface area contributed by atoms with Crippen molar-refractivity contribution in [3.8, 4) is 5.75 Å². The molecular formula is C15H19NO5. The Balaban J connectivity index is 2.34. The number of nitrogens with one attached hydrogen (secondary N) is 1. The summed E-state index contributed by atoms with van der Waals surface area (Å²) in [6.45, 7) is 0. The van der Waals surface area contributed by atoms with Crippen molar-refractivity contribution in [3.63, 3.8) is 0 Å². The molecule has 1 saturated heterocycles. The maximum absolute atomic E-state index is 12.0. The fraction of sp³-hybridized carbons (Fsp3) is 0.467. The van der Waals surface area contributed by atoms with Gasteiger partial charge < -0.3 is 14.2 Å². The monoisotopic (exact) mass is 293 g/mol. The molecule has 0 radical (unpaired) electrons. The van der Waals surface area contributed by atoms with Gasteiger partial charge in [-0.05, 0) is 12.5 Å². The van der Waals surface area contributed by atoms with Crippen LogP contribution in [0.25, 0.3) is 0 Å². The Morgan fingerprint density at radius 3 is 2.38 bits per heavy atom. The zero-order valence-electron chi connectivity index (χ0n) is 12.3. The van der Waals surface area contributed by atoms with Gasteiger partial charge in [-0.2, -0.15) is 0 Å². The van der Waals surface area contributed by atoms with E-state index >= 15 is 0 Å². The smallest absolute Gasteiger partial charge is 0.322 e. The molecule has 6 heteroatoms. The fourth-order valence-electron chi connectivity index (χ4n) is 2.71.